The van der Waals surface area contributed by atoms with Crippen molar-refractivity contribution < 1.29 is 28.8 Å². The van der Waals surface area contributed by atoms with Gasteiger partial charge in [0.05, 0.1) is 12.5 Å². The molecule has 1 aliphatic heterocycles. The van der Waals surface area contributed by atoms with E-state index in [1.807, 2.05) is 52.0 Å². The molecular formula is C32H49N5O6. The van der Waals surface area contributed by atoms with E-state index < -0.39 is 47.0 Å². The lowest BCUT2D eigenvalue weighted by atomic mass is 9.85. The van der Waals surface area contributed by atoms with Gasteiger partial charge in [-0.05, 0) is 43.1 Å². The standard InChI is InChI=1S/C32H49N5O6/c1-20-11-13-22(14-12-20)19-33-29(42)26(40)21(2)34-28(41)23(17-25(39)37-15-9-10-16-37)35-30(43)27(32(6,7)8)36-24(38)18-31(3,4)5/h11-14,21,23,27H,9-10,15-19H2,1-8H3,(H,33,42)(H,34,41)(H,35,43)(H,36,38)/t21?,23-,27+/m0/s1. The number of carbonyl (C=O) groups excluding carboxylic acids is 6. The molecule has 3 atom stereocenters. The number of Topliss-reactive ketones (excluding diaryl/α,β-unsaturated/α-hetero) is 1. The van der Waals surface area contributed by atoms with Crippen LogP contribution in [0.1, 0.15) is 85.3 Å². The van der Waals surface area contributed by atoms with Crippen molar-refractivity contribution in [1.29, 1.82) is 0 Å². The number of benzene rings is 1. The molecule has 1 aromatic rings. The van der Waals surface area contributed by atoms with Gasteiger partial charge in [0.2, 0.25) is 29.4 Å². The van der Waals surface area contributed by atoms with Gasteiger partial charge in [-0.3, -0.25) is 28.8 Å². The Morgan fingerprint density at radius 2 is 1.42 bits per heavy atom. The molecule has 43 heavy (non-hydrogen) atoms. The molecule has 5 amide bonds. The van der Waals surface area contributed by atoms with Crippen LogP contribution in [0, 0.1) is 17.8 Å². The first-order chi connectivity index (χ1) is 19.9. The van der Waals surface area contributed by atoms with Crippen molar-refractivity contribution in [2.75, 3.05) is 13.1 Å². The summed E-state index contributed by atoms with van der Waals surface area (Å²) in [6.07, 6.45) is 1.56. The average molecular weight is 600 g/mol. The van der Waals surface area contributed by atoms with E-state index in [0.29, 0.717) is 13.1 Å². The number of carbonyl (C=O) groups is 6. The summed E-state index contributed by atoms with van der Waals surface area (Å²) < 4.78 is 0. The third kappa shape index (κ3) is 11.8. The zero-order valence-electron chi connectivity index (χ0n) is 26.9. The molecule has 1 unspecified atom stereocenters. The van der Waals surface area contributed by atoms with Crippen LogP contribution in [-0.2, 0) is 35.3 Å². The molecule has 11 heteroatoms. The Balaban J connectivity index is 2.15. The molecule has 1 aliphatic rings. The molecule has 0 spiro atoms. The number of amides is 5. The van der Waals surface area contributed by atoms with Crippen molar-refractivity contribution in [1.82, 2.24) is 26.2 Å². The lowest BCUT2D eigenvalue weighted by Gasteiger charge is -2.33. The number of rotatable bonds is 12. The molecule has 1 saturated heterocycles. The molecule has 1 heterocycles. The largest absolute Gasteiger partial charge is 0.345 e. The van der Waals surface area contributed by atoms with E-state index in [9.17, 15) is 28.8 Å². The lowest BCUT2D eigenvalue weighted by Crippen LogP contribution is -2.59. The molecule has 11 nitrogen and oxygen atoms in total. The Bertz CT molecular complexity index is 1180. The average Bonchev–Trinajstić information content (AvgIpc) is 3.44. The summed E-state index contributed by atoms with van der Waals surface area (Å²) in [5, 5.41) is 10.5. The molecule has 0 saturated carbocycles. The van der Waals surface area contributed by atoms with Crippen molar-refractivity contribution >= 4 is 35.3 Å². The maximum Gasteiger partial charge on any atom is 0.289 e. The van der Waals surface area contributed by atoms with Crippen LogP contribution in [-0.4, -0.2) is 71.4 Å². The van der Waals surface area contributed by atoms with Crippen LogP contribution in [0.25, 0.3) is 0 Å². The lowest BCUT2D eigenvalue weighted by molar-refractivity contribution is -0.141. The van der Waals surface area contributed by atoms with E-state index >= 15 is 0 Å². The Morgan fingerprint density at radius 1 is 0.837 bits per heavy atom. The minimum absolute atomic E-state index is 0.143. The Hall–Kier alpha value is -3.76. The van der Waals surface area contributed by atoms with Gasteiger partial charge < -0.3 is 26.2 Å². The molecule has 0 radical (unpaired) electrons. The summed E-state index contributed by atoms with van der Waals surface area (Å²) in [6.45, 7) is 15.7. The topological polar surface area (TPSA) is 154 Å². The Labute approximate surface area is 255 Å². The Kier molecular flexibility index (Phi) is 12.5. The quantitative estimate of drug-likeness (QED) is 0.270. The third-order valence-electron chi connectivity index (χ3n) is 7.14. The van der Waals surface area contributed by atoms with E-state index in [2.05, 4.69) is 21.3 Å². The van der Waals surface area contributed by atoms with Gasteiger partial charge in [-0.1, -0.05) is 71.4 Å². The predicted octanol–water partition coefficient (Wildman–Crippen LogP) is 2.15. The third-order valence-corrected chi connectivity index (χ3v) is 7.14. The monoisotopic (exact) mass is 599 g/mol. The SMILES string of the molecule is Cc1ccc(CNC(=O)C(=O)C(C)NC(=O)[C@H](CC(=O)N2CCCC2)NC(=O)[C@@H](NC(=O)CC(C)(C)C)C(C)(C)C)cc1. The van der Waals surface area contributed by atoms with Gasteiger partial charge >= 0.3 is 0 Å². The molecule has 0 bridgehead atoms. The minimum Gasteiger partial charge on any atom is -0.345 e. The summed E-state index contributed by atoms with van der Waals surface area (Å²) in [7, 11) is 0. The summed E-state index contributed by atoms with van der Waals surface area (Å²) in [5.41, 5.74) is 0.863. The second-order valence-electron chi connectivity index (χ2n) is 13.7. The van der Waals surface area contributed by atoms with Crippen LogP contribution in [0.3, 0.4) is 0 Å². The van der Waals surface area contributed by atoms with E-state index in [-0.39, 0.29) is 36.6 Å². The fraction of sp³-hybridized carbons (Fsp3) is 0.625. The van der Waals surface area contributed by atoms with Gasteiger partial charge in [-0.15, -0.1) is 0 Å². The molecule has 1 fully saturated rings. The zero-order valence-corrected chi connectivity index (χ0v) is 26.9. The highest BCUT2D eigenvalue weighted by molar-refractivity contribution is 6.38. The van der Waals surface area contributed by atoms with Gasteiger partial charge in [0.15, 0.2) is 0 Å². The fourth-order valence-electron chi connectivity index (χ4n) is 4.66. The highest BCUT2D eigenvalue weighted by Crippen LogP contribution is 2.23. The van der Waals surface area contributed by atoms with Crippen molar-refractivity contribution in [2.24, 2.45) is 10.8 Å². The molecule has 1 aromatic carbocycles. The van der Waals surface area contributed by atoms with E-state index in [1.165, 1.54) is 6.92 Å². The summed E-state index contributed by atoms with van der Waals surface area (Å²) in [4.78, 5) is 79.6. The first-order valence-electron chi connectivity index (χ1n) is 14.9. The maximum absolute atomic E-state index is 13.5. The summed E-state index contributed by atoms with van der Waals surface area (Å²) >= 11 is 0. The van der Waals surface area contributed by atoms with Gasteiger partial charge in [0.25, 0.3) is 5.91 Å². The number of nitrogens with zero attached hydrogens (tertiary/aromatic N) is 1. The van der Waals surface area contributed by atoms with Crippen molar-refractivity contribution in [3.63, 3.8) is 0 Å². The van der Waals surface area contributed by atoms with Crippen LogP contribution in [0.15, 0.2) is 24.3 Å². The number of hydrogen-bond acceptors (Lipinski definition) is 6. The van der Waals surface area contributed by atoms with Gasteiger partial charge in [-0.2, -0.15) is 0 Å². The zero-order chi connectivity index (χ0) is 32.5. The number of likely N-dealkylation sites (tertiary alicyclic amines) is 1. The molecule has 2 rings (SSSR count). The van der Waals surface area contributed by atoms with E-state index in [4.69, 9.17) is 0 Å². The van der Waals surface area contributed by atoms with Crippen LogP contribution in [0.2, 0.25) is 0 Å². The number of nitrogens with one attached hydrogen (secondary N) is 4. The van der Waals surface area contributed by atoms with Gasteiger partial charge in [0.1, 0.15) is 12.1 Å². The minimum atomic E-state index is -1.32. The molecular weight excluding hydrogens is 550 g/mol. The smallest absolute Gasteiger partial charge is 0.289 e. The fourth-order valence-corrected chi connectivity index (χ4v) is 4.66. The molecule has 0 aromatic heterocycles. The van der Waals surface area contributed by atoms with Crippen molar-refractivity contribution in [3.05, 3.63) is 35.4 Å². The van der Waals surface area contributed by atoms with E-state index in [0.717, 1.165) is 24.0 Å². The van der Waals surface area contributed by atoms with Crippen LogP contribution < -0.4 is 21.3 Å². The van der Waals surface area contributed by atoms with Crippen LogP contribution in [0.4, 0.5) is 0 Å². The number of hydrogen-bond donors (Lipinski definition) is 4. The number of ketones is 1. The predicted molar refractivity (Wildman–Crippen MR) is 163 cm³/mol. The second-order valence-corrected chi connectivity index (χ2v) is 13.7. The molecule has 0 aliphatic carbocycles. The number of aryl methyl sites for hydroxylation is 1. The van der Waals surface area contributed by atoms with E-state index in [1.54, 1.807) is 25.7 Å². The van der Waals surface area contributed by atoms with Gasteiger partial charge in [0, 0.05) is 26.1 Å². The van der Waals surface area contributed by atoms with Gasteiger partial charge in [-0.25, -0.2) is 0 Å². The Morgan fingerprint density at radius 3 is 1.95 bits per heavy atom. The molecule has 238 valence electrons. The normalized spacial score (nSPS) is 15.6. The highest BCUT2D eigenvalue weighted by Gasteiger charge is 2.37. The first kappa shape index (κ1) is 35.4. The summed E-state index contributed by atoms with van der Waals surface area (Å²) in [6, 6.07) is 3.94. The first-order valence-corrected chi connectivity index (χ1v) is 14.9. The second kappa shape index (κ2) is 15.1. The van der Waals surface area contributed by atoms with Crippen LogP contribution in [0.5, 0.6) is 0 Å². The highest BCUT2D eigenvalue weighted by atomic mass is 16.2. The maximum atomic E-state index is 13.5. The molecule has 4 N–H and O–H groups in total. The van der Waals surface area contributed by atoms with Crippen LogP contribution >= 0.6 is 0 Å². The van der Waals surface area contributed by atoms with Crippen molar-refractivity contribution in [3.8, 4) is 0 Å². The van der Waals surface area contributed by atoms with Crippen molar-refractivity contribution in [2.45, 2.75) is 106 Å². The summed E-state index contributed by atoms with van der Waals surface area (Å²) in [5.74, 6) is -3.75.